The highest BCUT2D eigenvalue weighted by molar-refractivity contribution is 7.99. The third-order valence-electron chi connectivity index (χ3n) is 3.87. The normalized spacial score (nSPS) is 11.7. The Labute approximate surface area is 157 Å². The molecule has 6 heteroatoms. The van der Waals surface area contributed by atoms with Crippen molar-refractivity contribution < 1.29 is 19.4 Å². The summed E-state index contributed by atoms with van der Waals surface area (Å²) in [5.41, 5.74) is 6.27. The molecule has 0 heterocycles. The maximum atomic E-state index is 11.5. The van der Waals surface area contributed by atoms with E-state index in [1.165, 1.54) is 17.3 Å². The fraction of sp³-hybridized carbons (Fsp3) is 0.300. The van der Waals surface area contributed by atoms with Crippen molar-refractivity contribution in [2.24, 2.45) is 11.7 Å². The standard InChI is InChI=1S/C20H23NO4S/c21-19(22)13-25-17-9-11-18(12-10-17)26-14-16(20(23)24)8-4-7-15-5-2-1-3-6-15/h1-3,5-6,9-12,16H,4,7-8,13-14H2,(H2,21,22)(H,23,24). The molecule has 0 saturated heterocycles. The molecule has 2 aromatic carbocycles. The van der Waals surface area contributed by atoms with E-state index < -0.39 is 11.9 Å². The zero-order chi connectivity index (χ0) is 18.8. The molecule has 2 rings (SSSR count). The molecule has 0 aliphatic rings. The lowest BCUT2D eigenvalue weighted by Crippen LogP contribution is -2.19. The number of carboxylic acid groups (broad SMARTS) is 1. The van der Waals surface area contributed by atoms with Crippen molar-refractivity contribution >= 4 is 23.6 Å². The molecule has 1 amide bonds. The van der Waals surface area contributed by atoms with Crippen molar-refractivity contribution in [1.82, 2.24) is 0 Å². The van der Waals surface area contributed by atoms with Crippen LogP contribution in [0.5, 0.6) is 5.75 Å². The van der Waals surface area contributed by atoms with Crippen molar-refractivity contribution in [2.45, 2.75) is 24.2 Å². The van der Waals surface area contributed by atoms with Crippen LogP contribution in [-0.2, 0) is 16.0 Å². The number of carbonyl (C=O) groups is 2. The molecule has 3 N–H and O–H groups in total. The molecule has 0 spiro atoms. The molecular formula is C20H23NO4S. The van der Waals surface area contributed by atoms with Crippen LogP contribution in [0.25, 0.3) is 0 Å². The van der Waals surface area contributed by atoms with Crippen LogP contribution < -0.4 is 10.5 Å². The second kappa shape index (κ2) is 10.5. The molecule has 0 saturated carbocycles. The van der Waals surface area contributed by atoms with E-state index in [9.17, 15) is 14.7 Å². The molecule has 138 valence electrons. The Kier molecular flexibility index (Phi) is 8.02. The SMILES string of the molecule is NC(=O)COc1ccc(SCC(CCCc2ccccc2)C(=O)O)cc1. The van der Waals surface area contributed by atoms with Crippen LogP contribution in [0.4, 0.5) is 0 Å². The number of carbonyl (C=O) groups excluding carboxylic acids is 1. The second-order valence-electron chi connectivity index (χ2n) is 5.95. The van der Waals surface area contributed by atoms with E-state index in [2.05, 4.69) is 12.1 Å². The zero-order valence-electron chi connectivity index (χ0n) is 14.5. The van der Waals surface area contributed by atoms with Gasteiger partial charge < -0.3 is 15.6 Å². The van der Waals surface area contributed by atoms with E-state index in [0.717, 1.165) is 17.7 Å². The van der Waals surface area contributed by atoms with Gasteiger partial charge in [0, 0.05) is 10.6 Å². The first-order valence-electron chi connectivity index (χ1n) is 8.45. The highest BCUT2D eigenvalue weighted by Crippen LogP contribution is 2.25. The monoisotopic (exact) mass is 373 g/mol. The zero-order valence-corrected chi connectivity index (χ0v) is 15.3. The van der Waals surface area contributed by atoms with Gasteiger partial charge in [-0.2, -0.15) is 0 Å². The van der Waals surface area contributed by atoms with Gasteiger partial charge in [0.2, 0.25) is 0 Å². The Morgan fingerprint density at radius 1 is 1.08 bits per heavy atom. The number of aryl methyl sites for hydroxylation is 1. The predicted octanol–water partition coefficient (Wildman–Crippen LogP) is 3.37. The molecule has 1 atom stereocenters. The third-order valence-corrected chi connectivity index (χ3v) is 5.04. The first kappa shape index (κ1) is 19.8. The van der Waals surface area contributed by atoms with E-state index in [-0.39, 0.29) is 12.5 Å². The van der Waals surface area contributed by atoms with Crippen LogP contribution >= 0.6 is 11.8 Å². The number of hydrogen-bond donors (Lipinski definition) is 2. The number of amides is 1. The maximum absolute atomic E-state index is 11.5. The van der Waals surface area contributed by atoms with Crippen molar-refractivity contribution in [3.8, 4) is 5.75 Å². The average molecular weight is 373 g/mol. The van der Waals surface area contributed by atoms with Gasteiger partial charge in [0.05, 0.1) is 5.92 Å². The van der Waals surface area contributed by atoms with E-state index in [4.69, 9.17) is 10.5 Å². The maximum Gasteiger partial charge on any atom is 0.307 e. The van der Waals surface area contributed by atoms with E-state index in [0.29, 0.717) is 17.9 Å². The molecule has 0 fully saturated rings. The molecule has 5 nitrogen and oxygen atoms in total. The largest absolute Gasteiger partial charge is 0.484 e. The number of primary amides is 1. The topological polar surface area (TPSA) is 89.6 Å². The highest BCUT2D eigenvalue weighted by Gasteiger charge is 2.17. The minimum atomic E-state index is -0.757. The van der Waals surface area contributed by atoms with Crippen molar-refractivity contribution in [2.75, 3.05) is 12.4 Å². The number of nitrogens with two attached hydrogens (primary N) is 1. The summed E-state index contributed by atoms with van der Waals surface area (Å²) in [5.74, 6) is -0.582. The molecule has 0 aromatic heterocycles. The molecule has 2 aromatic rings. The van der Waals surface area contributed by atoms with E-state index >= 15 is 0 Å². The van der Waals surface area contributed by atoms with E-state index in [1.54, 1.807) is 12.1 Å². The lowest BCUT2D eigenvalue weighted by Gasteiger charge is -2.12. The van der Waals surface area contributed by atoms with Crippen LogP contribution in [0.3, 0.4) is 0 Å². The number of ether oxygens (including phenoxy) is 1. The van der Waals surface area contributed by atoms with Gasteiger partial charge in [0.15, 0.2) is 6.61 Å². The molecule has 26 heavy (non-hydrogen) atoms. The molecule has 1 unspecified atom stereocenters. The lowest BCUT2D eigenvalue weighted by atomic mass is 10.0. The van der Waals surface area contributed by atoms with Crippen LogP contribution in [0.15, 0.2) is 59.5 Å². The summed E-state index contributed by atoms with van der Waals surface area (Å²) in [6, 6.07) is 17.3. The van der Waals surface area contributed by atoms with E-state index in [1.807, 2.05) is 30.3 Å². The molecule has 0 radical (unpaired) electrons. The Hall–Kier alpha value is -2.47. The summed E-state index contributed by atoms with van der Waals surface area (Å²) >= 11 is 1.51. The van der Waals surface area contributed by atoms with Crippen LogP contribution in [0.2, 0.25) is 0 Å². The summed E-state index contributed by atoms with van der Waals surface area (Å²) < 4.78 is 5.20. The minimum Gasteiger partial charge on any atom is -0.484 e. The van der Waals surface area contributed by atoms with Gasteiger partial charge in [-0.25, -0.2) is 0 Å². The Balaban J connectivity index is 1.78. The van der Waals surface area contributed by atoms with Crippen molar-refractivity contribution in [1.29, 1.82) is 0 Å². The average Bonchev–Trinajstić information content (AvgIpc) is 2.64. The molecule has 0 aliphatic heterocycles. The van der Waals surface area contributed by atoms with Gasteiger partial charge in [0.1, 0.15) is 5.75 Å². The highest BCUT2D eigenvalue weighted by atomic mass is 32.2. The number of carboxylic acids is 1. The Bertz CT molecular complexity index is 704. The predicted molar refractivity (Wildman–Crippen MR) is 102 cm³/mol. The van der Waals surface area contributed by atoms with Gasteiger partial charge in [0.25, 0.3) is 5.91 Å². The van der Waals surface area contributed by atoms with Crippen LogP contribution in [0.1, 0.15) is 18.4 Å². The summed E-state index contributed by atoms with van der Waals surface area (Å²) in [4.78, 5) is 23.1. The number of benzene rings is 2. The smallest absolute Gasteiger partial charge is 0.307 e. The number of hydrogen-bond acceptors (Lipinski definition) is 4. The minimum absolute atomic E-state index is 0.158. The van der Waals surface area contributed by atoms with Crippen LogP contribution in [-0.4, -0.2) is 29.3 Å². The van der Waals surface area contributed by atoms with Gasteiger partial charge in [-0.3, -0.25) is 9.59 Å². The number of thioether (sulfide) groups is 1. The third kappa shape index (κ3) is 7.19. The summed E-state index contributed by atoms with van der Waals surface area (Å²) in [6.45, 7) is -0.158. The quantitative estimate of drug-likeness (QED) is 0.590. The fourth-order valence-corrected chi connectivity index (χ4v) is 3.49. The molecule has 0 bridgehead atoms. The summed E-state index contributed by atoms with van der Waals surface area (Å²) in [6.07, 6.45) is 2.39. The first-order chi connectivity index (χ1) is 12.5. The summed E-state index contributed by atoms with van der Waals surface area (Å²) in [5, 5.41) is 9.44. The van der Waals surface area contributed by atoms with Gasteiger partial charge in [-0.1, -0.05) is 30.3 Å². The Morgan fingerprint density at radius 2 is 1.77 bits per heavy atom. The number of aliphatic carboxylic acids is 1. The number of rotatable bonds is 11. The van der Waals surface area contributed by atoms with Crippen molar-refractivity contribution in [3.63, 3.8) is 0 Å². The Morgan fingerprint density at radius 3 is 2.38 bits per heavy atom. The van der Waals surface area contributed by atoms with Crippen molar-refractivity contribution in [3.05, 3.63) is 60.2 Å². The lowest BCUT2D eigenvalue weighted by molar-refractivity contribution is -0.141. The van der Waals surface area contributed by atoms with Gasteiger partial charge >= 0.3 is 5.97 Å². The van der Waals surface area contributed by atoms with Gasteiger partial charge in [-0.05, 0) is 49.1 Å². The first-order valence-corrected chi connectivity index (χ1v) is 9.44. The van der Waals surface area contributed by atoms with Gasteiger partial charge in [-0.15, -0.1) is 11.8 Å². The molecular weight excluding hydrogens is 350 g/mol. The second-order valence-corrected chi connectivity index (χ2v) is 7.04. The molecule has 0 aliphatic carbocycles. The fourth-order valence-electron chi connectivity index (χ4n) is 2.46. The summed E-state index contributed by atoms with van der Waals surface area (Å²) in [7, 11) is 0. The van der Waals surface area contributed by atoms with Crippen LogP contribution in [0, 0.1) is 5.92 Å².